The quantitative estimate of drug-likeness (QED) is 0.651. The summed E-state index contributed by atoms with van der Waals surface area (Å²) in [4.78, 5) is 7.89. The van der Waals surface area contributed by atoms with Gasteiger partial charge >= 0.3 is 0 Å². The van der Waals surface area contributed by atoms with Crippen LogP contribution in [0, 0.1) is 0 Å². The number of aliphatic imine (C=N–C) groups is 1. The minimum absolute atomic E-state index is 0.223. The highest BCUT2D eigenvalue weighted by Gasteiger charge is 2.05. The van der Waals surface area contributed by atoms with Crippen LogP contribution in [-0.2, 0) is 9.84 Å². The second-order valence-corrected chi connectivity index (χ2v) is 4.59. The van der Waals surface area contributed by atoms with Crippen molar-refractivity contribution in [3.05, 3.63) is 24.0 Å². The molecule has 0 fully saturated rings. The molecule has 0 saturated carbocycles. The van der Waals surface area contributed by atoms with Gasteiger partial charge in [-0.25, -0.2) is 8.42 Å². The average molecular weight is 198 g/mol. The van der Waals surface area contributed by atoms with E-state index in [0.29, 0.717) is 5.69 Å². The zero-order valence-corrected chi connectivity index (χ0v) is 8.25. The Bertz CT molecular complexity index is 406. The first-order valence-corrected chi connectivity index (χ1v) is 5.51. The van der Waals surface area contributed by atoms with Crippen LogP contribution in [-0.4, -0.2) is 32.9 Å². The van der Waals surface area contributed by atoms with E-state index >= 15 is 0 Å². The van der Waals surface area contributed by atoms with Crippen LogP contribution in [0.5, 0.6) is 0 Å². The molecule has 0 aliphatic rings. The summed E-state index contributed by atoms with van der Waals surface area (Å²) in [5.41, 5.74) is 0.648. The van der Waals surface area contributed by atoms with Gasteiger partial charge in [-0.3, -0.25) is 9.98 Å². The molecule has 0 aliphatic carbocycles. The summed E-state index contributed by atoms with van der Waals surface area (Å²) < 4.78 is 22.1. The standard InChI is InChI=1S/C8H10N2O2S/c1-9-5-7-3-4-8(6-10-7)13(2,11)12/h3-6H,1-2H3/b9-5+. The Kier molecular flexibility index (Phi) is 2.77. The van der Waals surface area contributed by atoms with Gasteiger partial charge in [0.15, 0.2) is 9.84 Å². The maximum absolute atomic E-state index is 11.0. The van der Waals surface area contributed by atoms with Gasteiger partial charge in [0.2, 0.25) is 0 Å². The first kappa shape index (κ1) is 9.85. The monoisotopic (exact) mass is 198 g/mol. The molecule has 0 bridgehead atoms. The molecule has 0 spiro atoms. The van der Waals surface area contributed by atoms with E-state index in [2.05, 4.69) is 9.98 Å². The summed E-state index contributed by atoms with van der Waals surface area (Å²) in [5.74, 6) is 0. The van der Waals surface area contributed by atoms with Crippen LogP contribution in [0.4, 0.5) is 0 Å². The zero-order valence-electron chi connectivity index (χ0n) is 7.43. The molecule has 0 saturated heterocycles. The van der Waals surface area contributed by atoms with E-state index in [1.54, 1.807) is 19.3 Å². The molecule has 5 heteroatoms. The first-order valence-electron chi connectivity index (χ1n) is 3.62. The van der Waals surface area contributed by atoms with E-state index in [1.807, 2.05) is 0 Å². The maximum Gasteiger partial charge on any atom is 0.177 e. The minimum atomic E-state index is -3.14. The molecule has 1 aromatic heterocycles. The number of pyridine rings is 1. The molecule has 0 aromatic carbocycles. The molecule has 1 aromatic rings. The topological polar surface area (TPSA) is 59.4 Å². The molecule has 0 atom stereocenters. The number of rotatable bonds is 2. The largest absolute Gasteiger partial charge is 0.294 e. The minimum Gasteiger partial charge on any atom is -0.294 e. The van der Waals surface area contributed by atoms with Crippen LogP contribution in [0.3, 0.4) is 0 Å². The van der Waals surface area contributed by atoms with E-state index in [0.717, 1.165) is 6.26 Å². The van der Waals surface area contributed by atoms with Crippen molar-refractivity contribution in [1.29, 1.82) is 0 Å². The Hall–Kier alpha value is -1.23. The van der Waals surface area contributed by atoms with Crippen LogP contribution in [0.25, 0.3) is 0 Å². The lowest BCUT2D eigenvalue weighted by atomic mass is 10.4. The molecule has 0 radical (unpaired) electrons. The highest BCUT2D eigenvalue weighted by molar-refractivity contribution is 7.90. The third-order valence-corrected chi connectivity index (χ3v) is 2.55. The van der Waals surface area contributed by atoms with Crippen molar-refractivity contribution in [2.75, 3.05) is 13.3 Å². The fourth-order valence-corrected chi connectivity index (χ4v) is 1.38. The normalized spacial score (nSPS) is 12.2. The average Bonchev–Trinajstić information content (AvgIpc) is 2.04. The fourth-order valence-electron chi connectivity index (χ4n) is 0.820. The Morgan fingerprint density at radius 3 is 2.54 bits per heavy atom. The number of aromatic nitrogens is 1. The molecular formula is C8H10N2O2S. The van der Waals surface area contributed by atoms with Crippen LogP contribution >= 0.6 is 0 Å². The molecule has 1 rings (SSSR count). The predicted molar refractivity (Wildman–Crippen MR) is 50.9 cm³/mol. The number of sulfone groups is 1. The van der Waals surface area contributed by atoms with E-state index in [-0.39, 0.29) is 4.90 Å². The molecular weight excluding hydrogens is 188 g/mol. The van der Waals surface area contributed by atoms with Gasteiger partial charge in [-0.1, -0.05) is 0 Å². The lowest BCUT2D eigenvalue weighted by Crippen LogP contribution is -1.98. The van der Waals surface area contributed by atoms with Crippen LogP contribution in [0.15, 0.2) is 28.2 Å². The summed E-state index contributed by atoms with van der Waals surface area (Å²) in [6.07, 6.45) is 4.04. The van der Waals surface area contributed by atoms with Crippen molar-refractivity contribution >= 4 is 16.1 Å². The smallest absolute Gasteiger partial charge is 0.177 e. The summed E-state index contributed by atoms with van der Waals surface area (Å²) in [6, 6.07) is 3.13. The second kappa shape index (κ2) is 3.66. The zero-order chi connectivity index (χ0) is 9.90. The van der Waals surface area contributed by atoms with Crippen molar-refractivity contribution in [2.24, 2.45) is 4.99 Å². The number of hydrogen-bond donors (Lipinski definition) is 0. The first-order chi connectivity index (χ1) is 6.04. The molecule has 1 heterocycles. The summed E-state index contributed by atoms with van der Waals surface area (Å²) in [6.45, 7) is 0. The molecule has 13 heavy (non-hydrogen) atoms. The van der Waals surface area contributed by atoms with Crippen molar-refractivity contribution < 1.29 is 8.42 Å². The van der Waals surface area contributed by atoms with Gasteiger partial charge in [-0.2, -0.15) is 0 Å². The molecule has 4 nitrogen and oxygen atoms in total. The number of nitrogens with zero attached hydrogens (tertiary/aromatic N) is 2. The predicted octanol–water partition coefficient (Wildman–Crippen LogP) is 0.534. The Morgan fingerprint density at radius 1 is 1.46 bits per heavy atom. The molecule has 70 valence electrons. The number of hydrogen-bond acceptors (Lipinski definition) is 4. The summed E-state index contributed by atoms with van der Waals surface area (Å²) >= 11 is 0. The second-order valence-electron chi connectivity index (χ2n) is 2.58. The van der Waals surface area contributed by atoms with Gasteiger partial charge < -0.3 is 0 Å². The molecule has 0 unspecified atom stereocenters. The van der Waals surface area contributed by atoms with Crippen LogP contribution < -0.4 is 0 Å². The van der Waals surface area contributed by atoms with Crippen LogP contribution in [0.1, 0.15) is 5.69 Å². The highest BCUT2D eigenvalue weighted by Crippen LogP contribution is 2.05. The van der Waals surface area contributed by atoms with Gasteiger partial charge in [-0.05, 0) is 12.1 Å². The third-order valence-electron chi connectivity index (χ3n) is 1.45. The van der Waals surface area contributed by atoms with Gasteiger partial charge in [0, 0.05) is 25.7 Å². The SMILES string of the molecule is C/N=C/c1ccc(S(C)(=O)=O)cn1. The summed E-state index contributed by atoms with van der Waals surface area (Å²) in [7, 11) is -1.51. The van der Waals surface area contributed by atoms with E-state index in [1.165, 1.54) is 12.3 Å². The maximum atomic E-state index is 11.0. The van der Waals surface area contributed by atoms with Gasteiger partial charge in [-0.15, -0.1) is 0 Å². The summed E-state index contributed by atoms with van der Waals surface area (Å²) in [5, 5.41) is 0. The van der Waals surface area contributed by atoms with Crippen molar-refractivity contribution in [2.45, 2.75) is 4.90 Å². The Balaban J connectivity index is 3.08. The van der Waals surface area contributed by atoms with Gasteiger partial charge in [0.05, 0.1) is 10.6 Å². The van der Waals surface area contributed by atoms with E-state index < -0.39 is 9.84 Å². The third kappa shape index (κ3) is 2.62. The van der Waals surface area contributed by atoms with Gasteiger partial charge in [0.1, 0.15) is 0 Å². The van der Waals surface area contributed by atoms with E-state index in [9.17, 15) is 8.42 Å². The van der Waals surface area contributed by atoms with Crippen molar-refractivity contribution in [3.8, 4) is 0 Å². The van der Waals surface area contributed by atoms with Crippen molar-refractivity contribution in [3.63, 3.8) is 0 Å². The molecule has 0 aliphatic heterocycles. The lowest BCUT2D eigenvalue weighted by Gasteiger charge is -1.96. The van der Waals surface area contributed by atoms with Crippen LogP contribution in [0.2, 0.25) is 0 Å². The van der Waals surface area contributed by atoms with Gasteiger partial charge in [0.25, 0.3) is 0 Å². The Labute approximate surface area is 77.3 Å². The van der Waals surface area contributed by atoms with Crippen molar-refractivity contribution in [1.82, 2.24) is 4.98 Å². The van der Waals surface area contributed by atoms with E-state index in [4.69, 9.17) is 0 Å². The molecule has 0 N–H and O–H groups in total. The molecule has 0 amide bonds. The fraction of sp³-hybridized carbons (Fsp3) is 0.250. The Morgan fingerprint density at radius 2 is 2.15 bits per heavy atom. The lowest BCUT2D eigenvalue weighted by molar-refractivity contribution is 0.601. The highest BCUT2D eigenvalue weighted by atomic mass is 32.2.